The fraction of sp³-hybridized carbons (Fsp3) is 0.900. The van der Waals surface area contributed by atoms with Gasteiger partial charge in [0.15, 0.2) is 0 Å². The molecule has 13 heavy (non-hydrogen) atoms. The minimum Gasteiger partial charge on any atom is -0.449 e. The standard InChI is InChI=1S/C10H17NO2/c1-10(8-4-2-3-5-8)6-11-9(12)13-7-10/h8H,2-7H2,1H3,(H,11,12). The minimum atomic E-state index is -0.254. The highest BCUT2D eigenvalue weighted by atomic mass is 16.6. The first-order valence-electron chi connectivity index (χ1n) is 5.11. The van der Waals surface area contributed by atoms with Crippen molar-refractivity contribution in [1.82, 2.24) is 5.32 Å². The third kappa shape index (κ3) is 1.64. The van der Waals surface area contributed by atoms with Crippen molar-refractivity contribution in [3.63, 3.8) is 0 Å². The molecule has 1 atom stereocenters. The Bertz CT molecular complexity index is 199. The lowest BCUT2D eigenvalue weighted by molar-refractivity contribution is 0.0256. The summed E-state index contributed by atoms with van der Waals surface area (Å²) < 4.78 is 5.06. The Kier molecular flexibility index (Phi) is 2.18. The van der Waals surface area contributed by atoms with Crippen molar-refractivity contribution < 1.29 is 9.53 Å². The van der Waals surface area contributed by atoms with Crippen molar-refractivity contribution in [3.8, 4) is 0 Å². The molecule has 3 heteroatoms. The summed E-state index contributed by atoms with van der Waals surface area (Å²) in [5, 5.41) is 2.79. The van der Waals surface area contributed by atoms with E-state index in [0.29, 0.717) is 6.61 Å². The molecule has 2 rings (SSSR count). The quantitative estimate of drug-likeness (QED) is 0.674. The van der Waals surface area contributed by atoms with Crippen LogP contribution >= 0.6 is 0 Å². The zero-order valence-corrected chi connectivity index (χ0v) is 8.14. The van der Waals surface area contributed by atoms with Crippen molar-refractivity contribution in [2.45, 2.75) is 32.6 Å². The van der Waals surface area contributed by atoms with Crippen LogP contribution in [0.2, 0.25) is 0 Å². The second-order valence-electron chi connectivity index (χ2n) is 4.57. The molecule has 2 fully saturated rings. The number of hydrogen-bond acceptors (Lipinski definition) is 2. The van der Waals surface area contributed by atoms with Gasteiger partial charge in [-0.05, 0) is 18.8 Å². The molecule has 0 bridgehead atoms. The van der Waals surface area contributed by atoms with Crippen molar-refractivity contribution in [1.29, 1.82) is 0 Å². The smallest absolute Gasteiger partial charge is 0.407 e. The minimum absolute atomic E-state index is 0.185. The van der Waals surface area contributed by atoms with E-state index in [1.54, 1.807) is 0 Å². The van der Waals surface area contributed by atoms with E-state index in [9.17, 15) is 4.79 Å². The maximum Gasteiger partial charge on any atom is 0.407 e. The Morgan fingerprint density at radius 3 is 2.69 bits per heavy atom. The zero-order valence-electron chi connectivity index (χ0n) is 8.14. The number of nitrogens with one attached hydrogen (secondary N) is 1. The van der Waals surface area contributed by atoms with Crippen LogP contribution in [0.3, 0.4) is 0 Å². The summed E-state index contributed by atoms with van der Waals surface area (Å²) >= 11 is 0. The van der Waals surface area contributed by atoms with Gasteiger partial charge in [-0.15, -0.1) is 0 Å². The summed E-state index contributed by atoms with van der Waals surface area (Å²) in [4.78, 5) is 10.8. The molecule has 74 valence electrons. The predicted octanol–water partition coefficient (Wildman–Crippen LogP) is 1.92. The van der Waals surface area contributed by atoms with E-state index < -0.39 is 0 Å². The van der Waals surface area contributed by atoms with Crippen LogP contribution in [-0.2, 0) is 4.74 Å². The van der Waals surface area contributed by atoms with Crippen LogP contribution in [0.1, 0.15) is 32.6 Å². The molecule has 1 saturated heterocycles. The van der Waals surface area contributed by atoms with Gasteiger partial charge in [0.2, 0.25) is 0 Å². The molecule has 0 spiro atoms. The van der Waals surface area contributed by atoms with Crippen LogP contribution in [0.5, 0.6) is 0 Å². The van der Waals surface area contributed by atoms with E-state index in [-0.39, 0.29) is 11.5 Å². The highest BCUT2D eigenvalue weighted by Crippen LogP contribution is 2.40. The number of ether oxygens (including phenoxy) is 1. The molecule has 0 radical (unpaired) electrons. The molecule has 1 saturated carbocycles. The lowest BCUT2D eigenvalue weighted by atomic mass is 9.76. The van der Waals surface area contributed by atoms with E-state index in [1.807, 2.05) is 0 Å². The van der Waals surface area contributed by atoms with Crippen LogP contribution in [0.4, 0.5) is 4.79 Å². The van der Waals surface area contributed by atoms with Crippen LogP contribution in [0.15, 0.2) is 0 Å². The summed E-state index contributed by atoms with van der Waals surface area (Å²) in [6.45, 7) is 3.61. The number of alkyl carbamates (subject to hydrolysis) is 1. The average molecular weight is 183 g/mol. The van der Waals surface area contributed by atoms with Crippen LogP contribution < -0.4 is 5.32 Å². The van der Waals surface area contributed by atoms with Crippen LogP contribution in [-0.4, -0.2) is 19.2 Å². The Hall–Kier alpha value is -0.730. The monoisotopic (exact) mass is 183 g/mol. The van der Waals surface area contributed by atoms with Crippen LogP contribution in [0, 0.1) is 11.3 Å². The Labute approximate surface area is 78.8 Å². The second-order valence-corrected chi connectivity index (χ2v) is 4.57. The third-order valence-corrected chi connectivity index (χ3v) is 3.51. The first-order valence-corrected chi connectivity index (χ1v) is 5.11. The number of rotatable bonds is 1. The number of hydrogen-bond donors (Lipinski definition) is 1. The maximum absolute atomic E-state index is 10.8. The molecule has 0 aromatic carbocycles. The first kappa shape index (κ1) is 8.85. The molecule has 1 N–H and O–H groups in total. The van der Waals surface area contributed by atoms with Gasteiger partial charge in [0.05, 0.1) is 0 Å². The van der Waals surface area contributed by atoms with Gasteiger partial charge in [-0.3, -0.25) is 0 Å². The lowest BCUT2D eigenvalue weighted by Crippen LogP contribution is -2.49. The molecular weight excluding hydrogens is 166 g/mol. The largest absolute Gasteiger partial charge is 0.449 e. The highest BCUT2D eigenvalue weighted by molar-refractivity contribution is 5.68. The summed E-state index contributed by atoms with van der Waals surface area (Å²) in [5.41, 5.74) is 0.185. The van der Waals surface area contributed by atoms with Gasteiger partial charge < -0.3 is 10.1 Å². The molecule has 0 aromatic heterocycles. The number of amides is 1. The summed E-state index contributed by atoms with van der Waals surface area (Å²) in [7, 11) is 0. The van der Waals surface area contributed by atoms with Gasteiger partial charge in [-0.25, -0.2) is 4.79 Å². The molecule has 1 aliphatic heterocycles. The van der Waals surface area contributed by atoms with Crippen molar-refractivity contribution >= 4 is 6.09 Å². The average Bonchev–Trinajstić information content (AvgIpc) is 2.63. The number of carbonyl (C=O) groups excluding carboxylic acids is 1. The molecule has 3 nitrogen and oxygen atoms in total. The van der Waals surface area contributed by atoms with Crippen molar-refractivity contribution in [3.05, 3.63) is 0 Å². The molecule has 1 amide bonds. The number of cyclic esters (lactones) is 1. The summed E-state index contributed by atoms with van der Waals surface area (Å²) in [6, 6.07) is 0. The Morgan fingerprint density at radius 2 is 2.15 bits per heavy atom. The number of carbonyl (C=O) groups is 1. The normalized spacial score (nSPS) is 35.6. The van der Waals surface area contributed by atoms with E-state index in [0.717, 1.165) is 12.5 Å². The molecule has 1 unspecified atom stereocenters. The fourth-order valence-corrected chi connectivity index (χ4v) is 2.49. The predicted molar refractivity (Wildman–Crippen MR) is 49.4 cm³/mol. The van der Waals surface area contributed by atoms with E-state index in [1.165, 1.54) is 25.7 Å². The molecule has 2 aliphatic rings. The van der Waals surface area contributed by atoms with E-state index in [2.05, 4.69) is 12.2 Å². The van der Waals surface area contributed by atoms with E-state index >= 15 is 0 Å². The van der Waals surface area contributed by atoms with Gasteiger partial charge in [0.25, 0.3) is 0 Å². The Morgan fingerprint density at radius 1 is 1.46 bits per heavy atom. The fourth-order valence-electron chi connectivity index (χ4n) is 2.49. The zero-order chi connectivity index (χ0) is 9.31. The highest BCUT2D eigenvalue weighted by Gasteiger charge is 2.39. The molecular formula is C10H17NO2. The second kappa shape index (κ2) is 3.20. The summed E-state index contributed by atoms with van der Waals surface area (Å²) in [5.74, 6) is 0.744. The van der Waals surface area contributed by atoms with Crippen LogP contribution in [0.25, 0.3) is 0 Å². The molecule has 1 aliphatic carbocycles. The van der Waals surface area contributed by atoms with Crippen molar-refractivity contribution in [2.75, 3.05) is 13.2 Å². The lowest BCUT2D eigenvalue weighted by Gasteiger charge is -2.38. The maximum atomic E-state index is 10.8. The van der Waals surface area contributed by atoms with E-state index in [4.69, 9.17) is 4.74 Å². The first-order chi connectivity index (χ1) is 6.21. The van der Waals surface area contributed by atoms with Gasteiger partial charge in [-0.1, -0.05) is 19.8 Å². The van der Waals surface area contributed by atoms with Gasteiger partial charge in [0.1, 0.15) is 6.61 Å². The van der Waals surface area contributed by atoms with Crippen molar-refractivity contribution in [2.24, 2.45) is 11.3 Å². The topological polar surface area (TPSA) is 38.3 Å². The van der Waals surface area contributed by atoms with Gasteiger partial charge in [-0.2, -0.15) is 0 Å². The molecule has 0 aromatic rings. The molecule has 1 heterocycles. The summed E-state index contributed by atoms with van der Waals surface area (Å²) in [6.07, 6.45) is 5.03. The SMILES string of the molecule is CC1(C2CCCC2)CNC(=O)OC1. The Balaban J connectivity index is 1.98. The van der Waals surface area contributed by atoms with Gasteiger partial charge in [0, 0.05) is 12.0 Å². The van der Waals surface area contributed by atoms with Gasteiger partial charge >= 0.3 is 6.09 Å². The third-order valence-electron chi connectivity index (χ3n) is 3.51.